The van der Waals surface area contributed by atoms with Crippen molar-refractivity contribution in [2.45, 2.75) is 19.4 Å². The molecule has 2 aromatic rings. The molecule has 0 radical (unpaired) electrons. The van der Waals surface area contributed by atoms with Gasteiger partial charge in [0.1, 0.15) is 22.7 Å². The van der Waals surface area contributed by atoms with Crippen LogP contribution in [-0.4, -0.2) is 16.5 Å². The van der Waals surface area contributed by atoms with Crippen LogP contribution in [0.3, 0.4) is 0 Å². The van der Waals surface area contributed by atoms with Gasteiger partial charge in [-0.3, -0.25) is 10.1 Å². The molecule has 0 fully saturated rings. The maximum absolute atomic E-state index is 12.4. The number of carbonyl (C=O) groups is 1. The highest BCUT2D eigenvalue weighted by atomic mass is 35.5. The molecule has 0 spiro atoms. The SMILES string of the molecule is C=CC(C)(C)OC(=O)c1cc(Oc2ccc(Cl)cc2Cl)ccc1[N+](=O)[O-]. The van der Waals surface area contributed by atoms with Gasteiger partial charge >= 0.3 is 5.97 Å². The van der Waals surface area contributed by atoms with Crippen molar-refractivity contribution >= 4 is 34.9 Å². The van der Waals surface area contributed by atoms with Gasteiger partial charge in [-0.15, -0.1) is 0 Å². The van der Waals surface area contributed by atoms with Gasteiger partial charge in [0.05, 0.1) is 9.95 Å². The molecule has 136 valence electrons. The minimum absolute atomic E-state index is 0.184. The van der Waals surface area contributed by atoms with Crippen molar-refractivity contribution in [3.8, 4) is 11.5 Å². The van der Waals surface area contributed by atoms with E-state index in [1.807, 2.05) is 0 Å². The quantitative estimate of drug-likeness (QED) is 0.266. The van der Waals surface area contributed by atoms with E-state index < -0.39 is 22.2 Å². The van der Waals surface area contributed by atoms with E-state index >= 15 is 0 Å². The Hall–Kier alpha value is -2.57. The van der Waals surface area contributed by atoms with Crippen LogP contribution in [0.25, 0.3) is 0 Å². The maximum atomic E-state index is 12.4. The van der Waals surface area contributed by atoms with E-state index in [1.165, 1.54) is 24.3 Å². The number of nitro groups is 1. The van der Waals surface area contributed by atoms with Gasteiger partial charge in [-0.1, -0.05) is 29.8 Å². The van der Waals surface area contributed by atoms with Crippen molar-refractivity contribution in [1.29, 1.82) is 0 Å². The number of hydrogen-bond donors (Lipinski definition) is 0. The van der Waals surface area contributed by atoms with Gasteiger partial charge in [0.2, 0.25) is 0 Å². The molecule has 0 aliphatic rings. The predicted molar refractivity (Wildman–Crippen MR) is 99.3 cm³/mol. The second-order valence-electron chi connectivity index (χ2n) is 5.81. The van der Waals surface area contributed by atoms with Crippen LogP contribution >= 0.6 is 23.2 Å². The molecule has 0 aliphatic heterocycles. The van der Waals surface area contributed by atoms with Crippen molar-refractivity contribution in [3.05, 3.63) is 74.8 Å². The molecule has 2 rings (SSSR count). The summed E-state index contributed by atoms with van der Waals surface area (Å²) in [5, 5.41) is 11.9. The molecule has 0 N–H and O–H groups in total. The van der Waals surface area contributed by atoms with Crippen LogP contribution in [0, 0.1) is 10.1 Å². The molecule has 0 bridgehead atoms. The smallest absolute Gasteiger partial charge is 0.346 e. The minimum atomic E-state index is -0.985. The summed E-state index contributed by atoms with van der Waals surface area (Å²) in [4.78, 5) is 22.9. The molecule has 6 nitrogen and oxygen atoms in total. The van der Waals surface area contributed by atoms with Crippen LogP contribution < -0.4 is 4.74 Å². The van der Waals surface area contributed by atoms with Gasteiger partial charge in [0.25, 0.3) is 5.69 Å². The fourth-order valence-corrected chi connectivity index (χ4v) is 2.37. The second-order valence-corrected chi connectivity index (χ2v) is 6.65. The molecule has 0 saturated heterocycles. The van der Waals surface area contributed by atoms with Crippen LogP contribution in [0.15, 0.2) is 49.1 Å². The fourth-order valence-electron chi connectivity index (χ4n) is 1.92. The van der Waals surface area contributed by atoms with Crippen LogP contribution in [-0.2, 0) is 4.74 Å². The normalized spacial score (nSPS) is 10.9. The van der Waals surface area contributed by atoms with E-state index in [0.29, 0.717) is 5.02 Å². The average molecular weight is 396 g/mol. The summed E-state index contributed by atoms with van der Waals surface area (Å²) in [6.07, 6.45) is 1.42. The number of nitro benzene ring substituents is 1. The van der Waals surface area contributed by atoms with Gasteiger partial charge in [-0.05, 0) is 44.2 Å². The molecule has 0 aliphatic carbocycles. The van der Waals surface area contributed by atoms with Gasteiger partial charge < -0.3 is 9.47 Å². The van der Waals surface area contributed by atoms with Crippen molar-refractivity contribution in [1.82, 2.24) is 0 Å². The van der Waals surface area contributed by atoms with Crippen LogP contribution in [0.5, 0.6) is 11.5 Å². The number of hydrogen-bond acceptors (Lipinski definition) is 5. The highest BCUT2D eigenvalue weighted by Gasteiger charge is 2.27. The third-order valence-corrected chi connectivity index (χ3v) is 3.88. The highest BCUT2D eigenvalue weighted by Crippen LogP contribution is 2.34. The Kier molecular flexibility index (Phi) is 5.90. The Morgan fingerprint density at radius 3 is 2.50 bits per heavy atom. The molecule has 0 saturated carbocycles. The number of benzene rings is 2. The van der Waals surface area contributed by atoms with E-state index in [0.717, 1.165) is 6.07 Å². The molecule has 0 aromatic heterocycles. The number of halogens is 2. The van der Waals surface area contributed by atoms with Crippen molar-refractivity contribution in [2.75, 3.05) is 0 Å². The Labute approximate surface area is 160 Å². The van der Waals surface area contributed by atoms with Crippen molar-refractivity contribution in [2.24, 2.45) is 0 Å². The Morgan fingerprint density at radius 1 is 1.23 bits per heavy atom. The number of nitrogens with zero attached hydrogens (tertiary/aromatic N) is 1. The first kappa shape index (κ1) is 19.8. The second kappa shape index (κ2) is 7.76. The van der Waals surface area contributed by atoms with E-state index in [2.05, 4.69) is 6.58 Å². The number of carbonyl (C=O) groups excluding carboxylic acids is 1. The first-order valence-corrected chi connectivity index (χ1v) is 8.17. The summed E-state index contributed by atoms with van der Waals surface area (Å²) in [5.74, 6) is -0.395. The van der Waals surface area contributed by atoms with Crippen molar-refractivity contribution in [3.63, 3.8) is 0 Å². The molecule has 8 heteroatoms. The van der Waals surface area contributed by atoms with E-state index in [-0.39, 0.29) is 22.1 Å². The molecular formula is C18H15Cl2NO5. The molecule has 0 atom stereocenters. The summed E-state index contributed by atoms with van der Waals surface area (Å²) >= 11 is 11.9. The summed E-state index contributed by atoms with van der Waals surface area (Å²) in [6, 6.07) is 8.37. The molecule has 0 unspecified atom stereocenters. The van der Waals surface area contributed by atoms with E-state index in [1.54, 1.807) is 26.0 Å². The molecule has 0 amide bonds. The molecular weight excluding hydrogens is 381 g/mol. The van der Waals surface area contributed by atoms with Crippen LogP contribution in [0.2, 0.25) is 10.0 Å². The molecule has 2 aromatic carbocycles. The lowest BCUT2D eigenvalue weighted by molar-refractivity contribution is -0.385. The largest absolute Gasteiger partial charge is 0.456 e. The van der Waals surface area contributed by atoms with Crippen LogP contribution in [0.4, 0.5) is 5.69 Å². The van der Waals surface area contributed by atoms with E-state index in [4.69, 9.17) is 32.7 Å². The zero-order valence-electron chi connectivity index (χ0n) is 14.0. The first-order valence-electron chi connectivity index (χ1n) is 7.41. The Balaban J connectivity index is 2.40. The lowest BCUT2D eigenvalue weighted by Gasteiger charge is -2.20. The van der Waals surface area contributed by atoms with Crippen molar-refractivity contribution < 1.29 is 19.2 Å². The van der Waals surface area contributed by atoms with Crippen LogP contribution in [0.1, 0.15) is 24.2 Å². The zero-order valence-corrected chi connectivity index (χ0v) is 15.5. The topological polar surface area (TPSA) is 78.7 Å². The third-order valence-electron chi connectivity index (χ3n) is 3.35. The highest BCUT2D eigenvalue weighted by molar-refractivity contribution is 6.35. The monoisotopic (exact) mass is 395 g/mol. The number of ether oxygens (including phenoxy) is 2. The summed E-state index contributed by atoms with van der Waals surface area (Å²) in [7, 11) is 0. The molecule has 26 heavy (non-hydrogen) atoms. The fraction of sp³-hybridized carbons (Fsp3) is 0.167. The zero-order chi connectivity index (χ0) is 19.5. The predicted octanol–water partition coefficient (Wildman–Crippen LogP) is 5.82. The number of esters is 1. The Morgan fingerprint density at radius 2 is 1.92 bits per heavy atom. The maximum Gasteiger partial charge on any atom is 0.346 e. The minimum Gasteiger partial charge on any atom is -0.456 e. The summed E-state index contributed by atoms with van der Waals surface area (Å²) in [5.41, 5.74) is -1.63. The van der Waals surface area contributed by atoms with Gasteiger partial charge in [-0.25, -0.2) is 4.79 Å². The summed E-state index contributed by atoms with van der Waals surface area (Å²) < 4.78 is 10.9. The lowest BCUT2D eigenvalue weighted by atomic mass is 10.1. The van der Waals surface area contributed by atoms with E-state index in [9.17, 15) is 14.9 Å². The van der Waals surface area contributed by atoms with Gasteiger partial charge in [-0.2, -0.15) is 0 Å². The van der Waals surface area contributed by atoms with Gasteiger partial charge in [0, 0.05) is 17.2 Å². The third kappa shape index (κ3) is 4.74. The molecule has 0 heterocycles. The first-order chi connectivity index (χ1) is 12.1. The Bertz CT molecular complexity index is 880. The summed E-state index contributed by atoms with van der Waals surface area (Å²) in [6.45, 7) is 6.78. The lowest BCUT2D eigenvalue weighted by Crippen LogP contribution is -2.25. The standard InChI is InChI=1S/C18H15Cl2NO5/c1-4-18(2,3)26-17(22)13-10-12(6-7-15(13)21(23)24)25-16-8-5-11(19)9-14(16)20/h4-10H,1H2,2-3H3. The number of rotatable bonds is 6. The average Bonchev–Trinajstić information content (AvgIpc) is 2.56. The van der Waals surface area contributed by atoms with Gasteiger partial charge in [0.15, 0.2) is 0 Å².